The van der Waals surface area contributed by atoms with Crippen LogP contribution in [0.1, 0.15) is 33.6 Å². The maximum absolute atomic E-state index is 11.7. The summed E-state index contributed by atoms with van der Waals surface area (Å²) >= 11 is 0. The van der Waals surface area contributed by atoms with E-state index < -0.39 is 0 Å². The van der Waals surface area contributed by atoms with Gasteiger partial charge in [-0.1, -0.05) is 13.3 Å². The van der Waals surface area contributed by atoms with Gasteiger partial charge in [-0.2, -0.15) is 5.26 Å². The van der Waals surface area contributed by atoms with E-state index in [9.17, 15) is 4.79 Å². The molecule has 1 N–H and O–H groups in total. The second-order valence-electron chi connectivity index (χ2n) is 4.29. The molecular formula is C12H23N3O. The molecule has 0 rings (SSSR count). The summed E-state index contributed by atoms with van der Waals surface area (Å²) < 4.78 is 0. The summed E-state index contributed by atoms with van der Waals surface area (Å²) in [4.78, 5) is 13.6. The summed E-state index contributed by atoms with van der Waals surface area (Å²) in [5, 5.41) is 11.6. The van der Waals surface area contributed by atoms with Crippen LogP contribution >= 0.6 is 0 Å². The summed E-state index contributed by atoms with van der Waals surface area (Å²) in [6, 6.07) is 2.00. The molecule has 0 fully saturated rings. The Bertz CT molecular complexity index is 247. The molecule has 0 saturated carbocycles. The van der Waals surface area contributed by atoms with Crippen LogP contribution in [0.5, 0.6) is 0 Å². The number of unbranched alkanes of at least 4 members (excludes halogenated alkanes) is 1. The van der Waals surface area contributed by atoms with Crippen molar-refractivity contribution < 1.29 is 4.79 Å². The molecule has 2 unspecified atom stereocenters. The van der Waals surface area contributed by atoms with E-state index >= 15 is 0 Å². The lowest BCUT2D eigenvalue weighted by Crippen LogP contribution is -2.44. The van der Waals surface area contributed by atoms with Crippen LogP contribution in [-0.2, 0) is 4.79 Å². The normalized spacial score (nSPS) is 14.2. The minimum absolute atomic E-state index is 0.0427. The van der Waals surface area contributed by atoms with Crippen molar-refractivity contribution in [2.45, 2.75) is 39.7 Å². The number of hydrogen-bond donors (Lipinski definition) is 1. The third kappa shape index (κ3) is 5.72. The molecule has 0 radical (unpaired) electrons. The zero-order valence-corrected chi connectivity index (χ0v) is 10.8. The Morgan fingerprint density at radius 1 is 1.50 bits per heavy atom. The highest BCUT2D eigenvalue weighted by Crippen LogP contribution is 2.01. The molecule has 4 heteroatoms. The SMILES string of the molecule is CCCCNC(=O)C(C)N(C)CC(C)C#N. The molecule has 16 heavy (non-hydrogen) atoms. The zero-order chi connectivity index (χ0) is 12.6. The monoisotopic (exact) mass is 225 g/mol. The number of carbonyl (C=O) groups excluding carboxylic acids is 1. The fourth-order valence-corrected chi connectivity index (χ4v) is 1.37. The Kier molecular flexibility index (Phi) is 7.57. The number of amides is 1. The van der Waals surface area contributed by atoms with Crippen LogP contribution in [0.25, 0.3) is 0 Å². The average Bonchev–Trinajstić information content (AvgIpc) is 2.27. The van der Waals surface area contributed by atoms with Crippen molar-refractivity contribution in [2.24, 2.45) is 5.92 Å². The van der Waals surface area contributed by atoms with Crippen molar-refractivity contribution in [1.82, 2.24) is 10.2 Å². The van der Waals surface area contributed by atoms with E-state index in [1.807, 2.05) is 25.8 Å². The molecule has 0 heterocycles. The van der Waals surface area contributed by atoms with Crippen molar-refractivity contribution >= 4 is 5.91 Å². The first-order valence-electron chi connectivity index (χ1n) is 5.90. The van der Waals surface area contributed by atoms with Crippen molar-refractivity contribution in [3.63, 3.8) is 0 Å². The number of likely N-dealkylation sites (N-methyl/N-ethyl adjacent to an activating group) is 1. The standard InChI is InChI=1S/C12H23N3O/c1-5-6-7-14-12(16)11(3)15(4)9-10(2)8-13/h10-11H,5-7,9H2,1-4H3,(H,14,16). The molecule has 4 nitrogen and oxygen atoms in total. The van der Waals surface area contributed by atoms with Gasteiger partial charge in [0.25, 0.3) is 0 Å². The largest absolute Gasteiger partial charge is 0.355 e. The third-order valence-corrected chi connectivity index (χ3v) is 2.65. The smallest absolute Gasteiger partial charge is 0.237 e. The van der Waals surface area contributed by atoms with Gasteiger partial charge in [-0.15, -0.1) is 0 Å². The first-order valence-corrected chi connectivity index (χ1v) is 5.90. The second kappa shape index (κ2) is 8.12. The van der Waals surface area contributed by atoms with Gasteiger partial charge in [-0.3, -0.25) is 9.69 Å². The van der Waals surface area contributed by atoms with Crippen LogP contribution in [0.15, 0.2) is 0 Å². The van der Waals surface area contributed by atoms with Gasteiger partial charge in [0, 0.05) is 13.1 Å². The van der Waals surface area contributed by atoms with Gasteiger partial charge in [0.15, 0.2) is 0 Å². The van der Waals surface area contributed by atoms with Crippen LogP contribution < -0.4 is 5.32 Å². The fourth-order valence-electron chi connectivity index (χ4n) is 1.37. The highest BCUT2D eigenvalue weighted by Gasteiger charge is 2.18. The molecule has 2 atom stereocenters. The molecule has 0 aliphatic rings. The molecule has 0 aromatic heterocycles. The van der Waals surface area contributed by atoms with Crippen molar-refractivity contribution in [2.75, 3.05) is 20.1 Å². The zero-order valence-electron chi connectivity index (χ0n) is 10.8. The van der Waals surface area contributed by atoms with E-state index in [-0.39, 0.29) is 17.9 Å². The number of nitrogens with one attached hydrogen (secondary N) is 1. The molecule has 0 saturated heterocycles. The minimum atomic E-state index is -0.173. The Labute approximate surface area is 98.6 Å². The van der Waals surface area contributed by atoms with E-state index in [4.69, 9.17) is 5.26 Å². The third-order valence-electron chi connectivity index (χ3n) is 2.65. The predicted molar refractivity (Wildman–Crippen MR) is 64.8 cm³/mol. The van der Waals surface area contributed by atoms with Crippen LogP contribution in [0.2, 0.25) is 0 Å². The van der Waals surface area contributed by atoms with Crippen LogP contribution in [0.4, 0.5) is 0 Å². The number of hydrogen-bond acceptors (Lipinski definition) is 3. The lowest BCUT2D eigenvalue weighted by Gasteiger charge is -2.24. The summed E-state index contributed by atoms with van der Waals surface area (Å²) in [5.74, 6) is -0.00279. The van der Waals surface area contributed by atoms with Gasteiger partial charge in [0.2, 0.25) is 5.91 Å². The Morgan fingerprint density at radius 3 is 2.62 bits per heavy atom. The first-order chi connectivity index (χ1) is 7.52. The van der Waals surface area contributed by atoms with Crippen molar-refractivity contribution in [3.05, 3.63) is 0 Å². The number of carbonyl (C=O) groups is 1. The lowest BCUT2D eigenvalue weighted by molar-refractivity contribution is -0.125. The molecule has 0 aromatic carbocycles. The summed E-state index contributed by atoms with van der Waals surface area (Å²) in [6.07, 6.45) is 2.09. The topological polar surface area (TPSA) is 56.1 Å². The minimum Gasteiger partial charge on any atom is -0.355 e. The molecule has 0 spiro atoms. The van der Waals surface area contributed by atoms with Gasteiger partial charge in [0.1, 0.15) is 0 Å². The van der Waals surface area contributed by atoms with Gasteiger partial charge in [0.05, 0.1) is 18.0 Å². The number of nitriles is 1. The Balaban J connectivity index is 3.97. The summed E-state index contributed by atoms with van der Waals surface area (Å²) in [7, 11) is 1.87. The molecule has 0 aromatic rings. The average molecular weight is 225 g/mol. The van der Waals surface area contributed by atoms with Gasteiger partial charge >= 0.3 is 0 Å². The maximum Gasteiger partial charge on any atom is 0.237 e. The molecule has 0 bridgehead atoms. The summed E-state index contributed by atoms with van der Waals surface area (Å²) in [6.45, 7) is 7.18. The molecule has 1 amide bonds. The molecular weight excluding hydrogens is 202 g/mol. The maximum atomic E-state index is 11.7. The van der Waals surface area contributed by atoms with Crippen LogP contribution in [0.3, 0.4) is 0 Å². The predicted octanol–water partition coefficient (Wildman–Crippen LogP) is 1.38. The number of nitrogens with zero attached hydrogens (tertiary/aromatic N) is 2. The first kappa shape index (κ1) is 14.9. The lowest BCUT2D eigenvalue weighted by atomic mass is 10.1. The molecule has 0 aliphatic carbocycles. The van der Waals surface area contributed by atoms with E-state index in [2.05, 4.69) is 18.3 Å². The van der Waals surface area contributed by atoms with E-state index in [0.717, 1.165) is 19.4 Å². The highest BCUT2D eigenvalue weighted by molar-refractivity contribution is 5.81. The Hall–Kier alpha value is -1.08. The van der Waals surface area contributed by atoms with Crippen LogP contribution in [-0.4, -0.2) is 37.0 Å². The molecule has 0 aliphatic heterocycles. The molecule has 92 valence electrons. The van der Waals surface area contributed by atoms with E-state index in [1.165, 1.54) is 0 Å². The quantitative estimate of drug-likeness (QED) is 0.666. The number of rotatable bonds is 7. The van der Waals surface area contributed by atoms with Gasteiger partial charge < -0.3 is 5.32 Å². The van der Waals surface area contributed by atoms with Gasteiger partial charge in [-0.25, -0.2) is 0 Å². The van der Waals surface area contributed by atoms with E-state index in [0.29, 0.717) is 6.54 Å². The van der Waals surface area contributed by atoms with Crippen molar-refractivity contribution in [3.8, 4) is 6.07 Å². The van der Waals surface area contributed by atoms with Crippen molar-refractivity contribution in [1.29, 1.82) is 5.26 Å². The van der Waals surface area contributed by atoms with E-state index in [1.54, 1.807) is 0 Å². The fraction of sp³-hybridized carbons (Fsp3) is 0.833. The van der Waals surface area contributed by atoms with Gasteiger partial charge in [-0.05, 0) is 27.3 Å². The highest BCUT2D eigenvalue weighted by atomic mass is 16.2. The van der Waals surface area contributed by atoms with Crippen LogP contribution in [0, 0.1) is 17.2 Å². The second-order valence-corrected chi connectivity index (χ2v) is 4.29. The Morgan fingerprint density at radius 2 is 2.12 bits per heavy atom. The summed E-state index contributed by atoms with van der Waals surface area (Å²) in [5.41, 5.74) is 0.